The maximum absolute atomic E-state index is 6.39. The molecule has 5 nitrogen and oxygen atoms in total. The zero-order valence-corrected chi connectivity index (χ0v) is 12.1. The molecule has 2 N–H and O–H groups in total. The Balaban J connectivity index is 1.55. The Bertz CT molecular complexity index is 562. The summed E-state index contributed by atoms with van der Waals surface area (Å²) in [4.78, 5) is 4.45. The quantitative estimate of drug-likeness (QED) is 0.915. The van der Waals surface area contributed by atoms with Crippen LogP contribution in [0.2, 0.25) is 0 Å². The molecule has 3 rings (SSSR count). The summed E-state index contributed by atoms with van der Waals surface area (Å²) in [6, 6.07) is 9.71. The number of nitrogens with two attached hydrogens (primary N) is 1. The number of aromatic nitrogens is 2. The molecule has 1 aliphatic rings. The van der Waals surface area contributed by atoms with Gasteiger partial charge in [-0.25, -0.2) is 0 Å². The van der Waals surface area contributed by atoms with Crippen LogP contribution in [0.5, 0.6) is 5.75 Å². The molecule has 1 aliphatic carbocycles. The summed E-state index contributed by atoms with van der Waals surface area (Å²) in [5, 5.41) is 4.02. The van der Waals surface area contributed by atoms with Crippen LogP contribution in [-0.2, 0) is 12.0 Å². The molecule has 1 heterocycles. The highest BCUT2D eigenvalue weighted by Crippen LogP contribution is 2.33. The summed E-state index contributed by atoms with van der Waals surface area (Å²) >= 11 is 0. The van der Waals surface area contributed by atoms with Gasteiger partial charge in [0.1, 0.15) is 5.75 Å². The average Bonchev–Trinajstić information content (AvgIpc) is 2.99. The lowest BCUT2D eigenvalue weighted by molar-refractivity contribution is 0.219. The number of rotatable bonds is 5. The smallest absolute Gasteiger partial charge is 0.246 e. The summed E-state index contributed by atoms with van der Waals surface area (Å²) in [7, 11) is 0. The number of hydrogen-bond acceptors (Lipinski definition) is 5. The largest absolute Gasteiger partial charge is 0.493 e. The van der Waals surface area contributed by atoms with Gasteiger partial charge in [-0.2, -0.15) is 4.98 Å². The summed E-state index contributed by atoms with van der Waals surface area (Å²) in [6.07, 6.45) is 5.97. The number of para-hydroxylation sites is 1. The predicted octanol–water partition coefficient (Wildman–Crippen LogP) is 2.81. The van der Waals surface area contributed by atoms with E-state index in [-0.39, 0.29) is 0 Å². The van der Waals surface area contributed by atoms with E-state index in [9.17, 15) is 0 Å². The van der Waals surface area contributed by atoms with Gasteiger partial charge in [0.25, 0.3) is 0 Å². The summed E-state index contributed by atoms with van der Waals surface area (Å²) in [5.74, 6) is 2.09. The first-order valence-corrected chi connectivity index (χ1v) is 7.56. The molecule has 1 saturated carbocycles. The Labute approximate surface area is 124 Å². The van der Waals surface area contributed by atoms with Gasteiger partial charge in [0.15, 0.2) is 5.82 Å². The predicted molar refractivity (Wildman–Crippen MR) is 78.9 cm³/mol. The first-order chi connectivity index (χ1) is 10.3. The fraction of sp³-hybridized carbons (Fsp3) is 0.500. The van der Waals surface area contributed by atoms with Crippen molar-refractivity contribution >= 4 is 0 Å². The maximum atomic E-state index is 6.39. The number of nitrogens with zero attached hydrogens (tertiary/aromatic N) is 2. The lowest BCUT2D eigenvalue weighted by Gasteiger charge is -2.29. The normalized spacial score (nSPS) is 17.6. The van der Waals surface area contributed by atoms with Crippen molar-refractivity contribution in [2.45, 2.75) is 44.1 Å². The topological polar surface area (TPSA) is 74.2 Å². The Morgan fingerprint density at radius 1 is 1.14 bits per heavy atom. The molecule has 0 amide bonds. The van der Waals surface area contributed by atoms with Crippen LogP contribution in [0.3, 0.4) is 0 Å². The van der Waals surface area contributed by atoms with E-state index in [0.717, 1.165) is 31.4 Å². The van der Waals surface area contributed by atoms with Gasteiger partial charge >= 0.3 is 0 Å². The fourth-order valence-electron chi connectivity index (χ4n) is 2.73. The van der Waals surface area contributed by atoms with Crippen LogP contribution in [0.15, 0.2) is 34.9 Å². The van der Waals surface area contributed by atoms with Crippen LogP contribution in [0.1, 0.15) is 43.8 Å². The Morgan fingerprint density at radius 3 is 2.67 bits per heavy atom. The van der Waals surface area contributed by atoms with Crippen LogP contribution in [0.4, 0.5) is 0 Å². The minimum atomic E-state index is -0.427. The van der Waals surface area contributed by atoms with E-state index < -0.39 is 5.54 Å². The molecule has 5 heteroatoms. The lowest BCUT2D eigenvalue weighted by Crippen LogP contribution is -2.39. The highest BCUT2D eigenvalue weighted by Gasteiger charge is 2.35. The third-order valence-corrected chi connectivity index (χ3v) is 3.98. The van der Waals surface area contributed by atoms with Crippen LogP contribution < -0.4 is 10.5 Å². The highest BCUT2D eigenvalue weighted by molar-refractivity contribution is 5.20. The second kappa shape index (κ2) is 6.26. The molecule has 21 heavy (non-hydrogen) atoms. The molecule has 1 aromatic heterocycles. The summed E-state index contributed by atoms with van der Waals surface area (Å²) < 4.78 is 11.0. The van der Waals surface area contributed by atoms with Gasteiger partial charge in [-0.3, -0.25) is 0 Å². The van der Waals surface area contributed by atoms with Crippen molar-refractivity contribution in [3.05, 3.63) is 42.0 Å². The van der Waals surface area contributed by atoms with E-state index in [1.807, 2.05) is 30.3 Å². The third-order valence-electron chi connectivity index (χ3n) is 3.98. The second-order valence-corrected chi connectivity index (χ2v) is 5.64. The van der Waals surface area contributed by atoms with Crippen molar-refractivity contribution < 1.29 is 9.26 Å². The molecule has 0 atom stereocenters. The van der Waals surface area contributed by atoms with E-state index in [1.165, 1.54) is 6.42 Å². The van der Waals surface area contributed by atoms with E-state index in [4.69, 9.17) is 15.0 Å². The third kappa shape index (κ3) is 3.42. The van der Waals surface area contributed by atoms with Crippen molar-refractivity contribution in [1.82, 2.24) is 10.1 Å². The van der Waals surface area contributed by atoms with Crippen molar-refractivity contribution in [3.8, 4) is 5.75 Å². The molecule has 0 radical (unpaired) electrons. The first kappa shape index (κ1) is 14.1. The molecule has 0 unspecified atom stereocenters. The Kier molecular flexibility index (Phi) is 4.20. The monoisotopic (exact) mass is 287 g/mol. The first-order valence-electron chi connectivity index (χ1n) is 7.56. The molecule has 0 aliphatic heterocycles. The molecular weight excluding hydrogens is 266 g/mol. The van der Waals surface area contributed by atoms with Crippen molar-refractivity contribution in [2.24, 2.45) is 5.73 Å². The van der Waals surface area contributed by atoms with Crippen molar-refractivity contribution in [3.63, 3.8) is 0 Å². The summed E-state index contributed by atoms with van der Waals surface area (Å²) in [6.45, 7) is 0.528. The minimum absolute atomic E-state index is 0.427. The number of hydrogen-bond donors (Lipinski definition) is 1. The number of ether oxygens (including phenoxy) is 1. The van der Waals surface area contributed by atoms with Gasteiger partial charge in [0.05, 0.1) is 12.1 Å². The van der Waals surface area contributed by atoms with Gasteiger partial charge < -0.3 is 15.0 Å². The number of benzene rings is 1. The van der Waals surface area contributed by atoms with E-state index in [2.05, 4.69) is 10.1 Å². The molecular formula is C16H21N3O2. The van der Waals surface area contributed by atoms with Crippen molar-refractivity contribution in [2.75, 3.05) is 6.61 Å². The standard InChI is InChI=1S/C16H21N3O2/c17-16(10-5-2-6-11-16)15-18-14(19-21-15)9-12-20-13-7-3-1-4-8-13/h1,3-4,7-8H,2,5-6,9-12,17H2. The molecule has 112 valence electrons. The van der Waals surface area contributed by atoms with Gasteiger partial charge in [-0.05, 0) is 25.0 Å². The van der Waals surface area contributed by atoms with E-state index in [0.29, 0.717) is 24.7 Å². The zero-order valence-electron chi connectivity index (χ0n) is 12.1. The molecule has 1 aromatic carbocycles. The fourth-order valence-corrected chi connectivity index (χ4v) is 2.73. The van der Waals surface area contributed by atoms with Gasteiger partial charge in [0.2, 0.25) is 5.89 Å². The zero-order chi connectivity index (χ0) is 14.5. The SMILES string of the molecule is NC1(c2nc(CCOc3ccccc3)no2)CCCCC1. The molecule has 0 bridgehead atoms. The Morgan fingerprint density at radius 2 is 1.90 bits per heavy atom. The molecule has 2 aromatic rings. The average molecular weight is 287 g/mol. The van der Waals surface area contributed by atoms with Crippen LogP contribution in [0.25, 0.3) is 0 Å². The van der Waals surface area contributed by atoms with Crippen molar-refractivity contribution in [1.29, 1.82) is 0 Å². The van der Waals surface area contributed by atoms with Crippen LogP contribution >= 0.6 is 0 Å². The summed E-state index contributed by atoms with van der Waals surface area (Å²) in [5.41, 5.74) is 5.96. The van der Waals surface area contributed by atoms with Gasteiger partial charge in [-0.15, -0.1) is 0 Å². The highest BCUT2D eigenvalue weighted by atomic mass is 16.5. The Hall–Kier alpha value is -1.88. The van der Waals surface area contributed by atoms with Crippen LogP contribution in [-0.4, -0.2) is 16.7 Å². The van der Waals surface area contributed by atoms with Gasteiger partial charge in [0, 0.05) is 6.42 Å². The van der Waals surface area contributed by atoms with Crippen LogP contribution in [0, 0.1) is 0 Å². The molecule has 0 spiro atoms. The van der Waals surface area contributed by atoms with Gasteiger partial charge in [-0.1, -0.05) is 42.6 Å². The second-order valence-electron chi connectivity index (χ2n) is 5.64. The minimum Gasteiger partial charge on any atom is -0.493 e. The molecule has 0 saturated heterocycles. The molecule has 1 fully saturated rings. The van der Waals surface area contributed by atoms with E-state index in [1.54, 1.807) is 0 Å². The van der Waals surface area contributed by atoms with E-state index >= 15 is 0 Å². The lowest BCUT2D eigenvalue weighted by atomic mass is 9.82. The maximum Gasteiger partial charge on any atom is 0.246 e.